The maximum atomic E-state index is 8.92. The highest BCUT2D eigenvalue weighted by molar-refractivity contribution is 9.10. The molecule has 0 heterocycles. The molecular formula is C12H16BrNO. The second-order valence-corrected chi connectivity index (χ2v) is 5.02. The van der Waals surface area contributed by atoms with E-state index in [1.165, 1.54) is 23.1 Å². The van der Waals surface area contributed by atoms with Gasteiger partial charge < -0.3 is 10.8 Å². The Kier molecular flexibility index (Phi) is 3.44. The summed E-state index contributed by atoms with van der Waals surface area (Å²) in [6.45, 7) is 0.155. The predicted molar refractivity (Wildman–Crippen MR) is 64.8 cm³/mol. The molecule has 82 valence electrons. The molecule has 1 aliphatic carbocycles. The molecule has 0 saturated heterocycles. The summed E-state index contributed by atoms with van der Waals surface area (Å²) in [5.41, 5.74) is 10.1. The number of aliphatic hydroxyl groups excluding tert-OH is 1. The number of aryl methyl sites for hydroxylation is 1. The van der Waals surface area contributed by atoms with E-state index in [9.17, 15) is 0 Å². The maximum Gasteiger partial charge on any atom is 0.0449 e. The van der Waals surface area contributed by atoms with Gasteiger partial charge in [-0.25, -0.2) is 0 Å². The van der Waals surface area contributed by atoms with Crippen molar-refractivity contribution in [3.8, 4) is 0 Å². The van der Waals surface area contributed by atoms with Crippen molar-refractivity contribution in [2.75, 3.05) is 6.61 Å². The topological polar surface area (TPSA) is 46.2 Å². The molecule has 0 fully saturated rings. The van der Waals surface area contributed by atoms with Crippen LogP contribution in [-0.4, -0.2) is 11.7 Å². The number of halogens is 1. The summed E-state index contributed by atoms with van der Waals surface area (Å²) in [6, 6.07) is 4.27. The molecule has 0 spiro atoms. The van der Waals surface area contributed by atoms with Crippen LogP contribution in [0.1, 0.15) is 35.6 Å². The van der Waals surface area contributed by atoms with E-state index in [2.05, 4.69) is 28.1 Å². The number of aliphatic hydroxyl groups is 1. The highest BCUT2D eigenvalue weighted by Crippen LogP contribution is 2.32. The Morgan fingerprint density at radius 3 is 2.93 bits per heavy atom. The Bertz CT molecular complexity index is 365. The largest absolute Gasteiger partial charge is 0.396 e. The summed E-state index contributed by atoms with van der Waals surface area (Å²) in [4.78, 5) is 0. The number of rotatable bonds is 3. The van der Waals surface area contributed by atoms with E-state index in [4.69, 9.17) is 10.8 Å². The molecule has 1 atom stereocenters. The van der Waals surface area contributed by atoms with E-state index in [0.717, 1.165) is 17.3 Å². The zero-order valence-electron chi connectivity index (χ0n) is 8.67. The van der Waals surface area contributed by atoms with Crippen LogP contribution in [0.5, 0.6) is 0 Å². The first-order valence-electron chi connectivity index (χ1n) is 5.40. The van der Waals surface area contributed by atoms with Gasteiger partial charge in [0, 0.05) is 17.1 Å². The van der Waals surface area contributed by atoms with Gasteiger partial charge in [0.05, 0.1) is 0 Å². The van der Waals surface area contributed by atoms with Gasteiger partial charge in [-0.05, 0) is 54.5 Å². The molecule has 2 rings (SSSR count). The Hall–Kier alpha value is -0.380. The average molecular weight is 270 g/mol. The van der Waals surface area contributed by atoms with Crippen LogP contribution in [0.25, 0.3) is 0 Å². The second-order valence-electron chi connectivity index (χ2n) is 4.11. The lowest BCUT2D eigenvalue weighted by Gasteiger charge is -2.16. The van der Waals surface area contributed by atoms with Crippen LogP contribution in [0.15, 0.2) is 16.6 Å². The fourth-order valence-electron chi connectivity index (χ4n) is 2.33. The van der Waals surface area contributed by atoms with Gasteiger partial charge in [0.2, 0.25) is 0 Å². The molecule has 15 heavy (non-hydrogen) atoms. The van der Waals surface area contributed by atoms with E-state index in [-0.39, 0.29) is 12.6 Å². The molecule has 1 aliphatic rings. The molecule has 0 aliphatic heterocycles. The molecular weight excluding hydrogens is 254 g/mol. The van der Waals surface area contributed by atoms with E-state index in [1.807, 2.05) is 0 Å². The molecule has 3 N–H and O–H groups in total. The van der Waals surface area contributed by atoms with E-state index < -0.39 is 0 Å². The second kappa shape index (κ2) is 4.64. The Labute approximate surface area is 98.6 Å². The van der Waals surface area contributed by atoms with Gasteiger partial charge in [0.15, 0.2) is 0 Å². The fraction of sp³-hybridized carbons (Fsp3) is 0.500. The van der Waals surface area contributed by atoms with Crippen LogP contribution in [0, 0.1) is 0 Å². The van der Waals surface area contributed by atoms with Gasteiger partial charge in [-0.15, -0.1) is 0 Å². The van der Waals surface area contributed by atoms with Crippen LogP contribution >= 0.6 is 15.9 Å². The number of hydrogen-bond donors (Lipinski definition) is 2. The molecule has 1 aromatic rings. The third-order valence-corrected chi connectivity index (χ3v) is 3.51. The summed E-state index contributed by atoms with van der Waals surface area (Å²) >= 11 is 3.52. The summed E-state index contributed by atoms with van der Waals surface area (Å²) in [7, 11) is 0. The van der Waals surface area contributed by atoms with E-state index in [0.29, 0.717) is 6.42 Å². The predicted octanol–water partition coefficient (Wildman–Crippen LogP) is 2.32. The molecule has 0 bridgehead atoms. The van der Waals surface area contributed by atoms with Crippen molar-refractivity contribution in [1.82, 2.24) is 0 Å². The maximum absolute atomic E-state index is 8.92. The fourth-order valence-corrected chi connectivity index (χ4v) is 2.85. The minimum absolute atomic E-state index is 0.0284. The Morgan fingerprint density at radius 1 is 1.40 bits per heavy atom. The van der Waals surface area contributed by atoms with Crippen LogP contribution in [-0.2, 0) is 12.8 Å². The van der Waals surface area contributed by atoms with Crippen molar-refractivity contribution in [3.63, 3.8) is 0 Å². The molecule has 0 amide bonds. The van der Waals surface area contributed by atoms with E-state index >= 15 is 0 Å². The van der Waals surface area contributed by atoms with Crippen LogP contribution < -0.4 is 5.73 Å². The molecule has 3 heteroatoms. The summed E-state index contributed by atoms with van der Waals surface area (Å²) in [5, 5.41) is 8.92. The molecule has 0 saturated carbocycles. The number of nitrogens with two attached hydrogens (primary N) is 1. The summed E-state index contributed by atoms with van der Waals surface area (Å²) in [6.07, 6.45) is 4.16. The van der Waals surface area contributed by atoms with Gasteiger partial charge >= 0.3 is 0 Å². The zero-order valence-corrected chi connectivity index (χ0v) is 10.3. The van der Waals surface area contributed by atoms with Crippen LogP contribution in [0.4, 0.5) is 0 Å². The van der Waals surface area contributed by atoms with Gasteiger partial charge in [-0.2, -0.15) is 0 Å². The first-order chi connectivity index (χ1) is 7.22. The van der Waals surface area contributed by atoms with Gasteiger partial charge in [0.25, 0.3) is 0 Å². The SMILES string of the molecule is NC(CCO)c1cc(Br)cc2c1CCC2. The summed E-state index contributed by atoms with van der Waals surface area (Å²) in [5.74, 6) is 0. The lowest BCUT2D eigenvalue weighted by Crippen LogP contribution is -2.14. The zero-order chi connectivity index (χ0) is 10.8. The van der Waals surface area contributed by atoms with Crippen molar-refractivity contribution < 1.29 is 5.11 Å². The highest BCUT2D eigenvalue weighted by Gasteiger charge is 2.19. The quantitative estimate of drug-likeness (QED) is 0.885. The number of hydrogen-bond acceptors (Lipinski definition) is 2. The highest BCUT2D eigenvalue weighted by atomic mass is 79.9. The van der Waals surface area contributed by atoms with E-state index in [1.54, 1.807) is 0 Å². The Morgan fingerprint density at radius 2 is 2.20 bits per heavy atom. The number of fused-ring (bicyclic) bond motifs is 1. The lowest BCUT2D eigenvalue weighted by atomic mass is 9.96. The minimum atomic E-state index is -0.0284. The van der Waals surface area contributed by atoms with Crippen LogP contribution in [0.2, 0.25) is 0 Å². The van der Waals surface area contributed by atoms with Crippen LogP contribution in [0.3, 0.4) is 0 Å². The monoisotopic (exact) mass is 269 g/mol. The first kappa shape index (κ1) is 11.1. The first-order valence-corrected chi connectivity index (χ1v) is 6.19. The summed E-state index contributed by atoms with van der Waals surface area (Å²) < 4.78 is 1.10. The standard InChI is InChI=1S/C12H16BrNO/c13-9-6-8-2-1-3-10(8)11(7-9)12(14)4-5-15/h6-7,12,15H,1-5,14H2. The van der Waals surface area contributed by atoms with Crippen molar-refractivity contribution in [1.29, 1.82) is 0 Å². The lowest BCUT2D eigenvalue weighted by molar-refractivity contribution is 0.276. The third kappa shape index (κ3) is 2.25. The molecule has 0 aromatic heterocycles. The molecule has 2 nitrogen and oxygen atoms in total. The third-order valence-electron chi connectivity index (χ3n) is 3.05. The Balaban J connectivity index is 2.37. The van der Waals surface area contributed by atoms with Gasteiger partial charge in [-0.3, -0.25) is 0 Å². The molecule has 1 unspecified atom stereocenters. The normalized spacial score (nSPS) is 16.5. The van der Waals surface area contributed by atoms with Crippen molar-refractivity contribution in [2.45, 2.75) is 31.7 Å². The van der Waals surface area contributed by atoms with Crippen molar-refractivity contribution >= 4 is 15.9 Å². The minimum Gasteiger partial charge on any atom is -0.396 e. The van der Waals surface area contributed by atoms with Gasteiger partial charge in [-0.1, -0.05) is 15.9 Å². The smallest absolute Gasteiger partial charge is 0.0449 e. The van der Waals surface area contributed by atoms with Crippen molar-refractivity contribution in [2.24, 2.45) is 5.73 Å². The molecule has 1 aromatic carbocycles. The van der Waals surface area contributed by atoms with Crippen molar-refractivity contribution in [3.05, 3.63) is 33.3 Å². The molecule has 0 radical (unpaired) electrons. The average Bonchev–Trinajstić information content (AvgIpc) is 2.64. The number of benzene rings is 1. The van der Waals surface area contributed by atoms with Gasteiger partial charge in [0.1, 0.15) is 0 Å².